The third-order valence-corrected chi connectivity index (χ3v) is 4.51. The molecule has 4 nitrogen and oxygen atoms in total. The van der Waals surface area contributed by atoms with Gasteiger partial charge in [0.2, 0.25) is 0 Å². The predicted molar refractivity (Wildman–Crippen MR) is 89.9 cm³/mol. The topological polar surface area (TPSA) is 32.8 Å². The second-order valence-electron chi connectivity index (χ2n) is 6.31. The van der Waals surface area contributed by atoms with Crippen LogP contribution < -0.4 is 4.74 Å². The Morgan fingerprint density at radius 3 is 2.59 bits per heavy atom. The molecule has 2 aliphatic rings. The smallest absolute Gasteiger partial charge is 0.253 e. The molecule has 0 N–H and O–H groups in total. The highest BCUT2D eigenvalue weighted by molar-refractivity contribution is 5.93. The van der Waals surface area contributed by atoms with Gasteiger partial charge in [-0.1, -0.05) is 0 Å². The molecule has 22 heavy (non-hydrogen) atoms. The van der Waals surface area contributed by atoms with E-state index in [9.17, 15) is 4.79 Å². The average Bonchev–Trinajstić information content (AvgIpc) is 3.17. The molecule has 0 bridgehead atoms. The summed E-state index contributed by atoms with van der Waals surface area (Å²) in [5.74, 6) is 1.87. The van der Waals surface area contributed by atoms with Gasteiger partial charge >= 0.3 is 0 Å². The van der Waals surface area contributed by atoms with E-state index in [4.69, 9.17) is 4.74 Å². The summed E-state index contributed by atoms with van der Waals surface area (Å²) >= 11 is 0. The van der Waals surface area contributed by atoms with E-state index in [1.54, 1.807) is 19.0 Å². The van der Waals surface area contributed by atoms with Crippen molar-refractivity contribution in [3.05, 3.63) is 29.8 Å². The van der Waals surface area contributed by atoms with Crippen LogP contribution in [0, 0.1) is 5.92 Å². The molecule has 1 saturated carbocycles. The predicted octanol–water partition coefficient (Wildman–Crippen LogP) is 2.67. The summed E-state index contributed by atoms with van der Waals surface area (Å²) < 4.78 is 5.76. The Balaban J connectivity index is 0.00000176. The molecule has 1 aromatic rings. The van der Waals surface area contributed by atoms with Gasteiger partial charge in [0.15, 0.2) is 0 Å². The van der Waals surface area contributed by atoms with Crippen molar-refractivity contribution in [3.8, 4) is 5.75 Å². The van der Waals surface area contributed by atoms with Crippen molar-refractivity contribution in [2.24, 2.45) is 5.92 Å². The quantitative estimate of drug-likeness (QED) is 0.754. The minimum absolute atomic E-state index is 0. The lowest BCUT2D eigenvalue weighted by Crippen LogP contribution is -2.25. The van der Waals surface area contributed by atoms with E-state index < -0.39 is 0 Å². The highest BCUT2D eigenvalue weighted by Crippen LogP contribution is 2.44. The van der Waals surface area contributed by atoms with Crippen LogP contribution in [-0.4, -0.2) is 55.5 Å². The van der Waals surface area contributed by atoms with E-state index in [-0.39, 0.29) is 18.3 Å². The summed E-state index contributed by atoms with van der Waals surface area (Å²) in [7, 11) is 3.52. The van der Waals surface area contributed by atoms with Crippen LogP contribution in [0.15, 0.2) is 24.3 Å². The van der Waals surface area contributed by atoms with Crippen LogP contribution in [0.5, 0.6) is 5.75 Å². The number of rotatable bonds is 6. The number of hydrogen-bond donors (Lipinski definition) is 0. The van der Waals surface area contributed by atoms with Crippen molar-refractivity contribution in [1.82, 2.24) is 9.80 Å². The number of amides is 1. The van der Waals surface area contributed by atoms with Crippen molar-refractivity contribution in [2.45, 2.75) is 25.3 Å². The summed E-state index contributed by atoms with van der Waals surface area (Å²) in [4.78, 5) is 16.0. The highest BCUT2D eigenvalue weighted by atomic mass is 35.5. The van der Waals surface area contributed by atoms with Crippen LogP contribution in [0.25, 0.3) is 0 Å². The summed E-state index contributed by atoms with van der Waals surface area (Å²) in [5, 5.41) is 0. The number of hydrogen-bond acceptors (Lipinski definition) is 3. The number of carbonyl (C=O) groups is 1. The SMILES string of the molecule is CN(C)C(=O)c1ccc(OCCCN2CC[C@H]3C[C@H]32)cc1.Cl. The molecule has 0 aromatic heterocycles. The van der Waals surface area contributed by atoms with Crippen molar-refractivity contribution in [1.29, 1.82) is 0 Å². The number of ether oxygens (including phenoxy) is 1. The first-order valence-electron chi connectivity index (χ1n) is 7.84. The van der Waals surface area contributed by atoms with Crippen molar-refractivity contribution in [2.75, 3.05) is 33.8 Å². The average molecular weight is 325 g/mol. The van der Waals surface area contributed by atoms with Gasteiger partial charge in [-0.2, -0.15) is 0 Å². The fraction of sp³-hybridized carbons (Fsp3) is 0.588. The molecule has 1 aromatic carbocycles. The Morgan fingerprint density at radius 2 is 2.05 bits per heavy atom. The number of benzene rings is 1. The summed E-state index contributed by atoms with van der Waals surface area (Å²) in [6.45, 7) is 3.17. The lowest BCUT2D eigenvalue weighted by Gasteiger charge is -2.17. The van der Waals surface area contributed by atoms with Gasteiger partial charge < -0.3 is 9.64 Å². The number of carbonyl (C=O) groups excluding carboxylic acids is 1. The van der Waals surface area contributed by atoms with Gasteiger partial charge in [-0.3, -0.25) is 9.69 Å². The first-order valence-corrected chi connectivity index (χ1v) is 7.84. The molecule has 1 saturated heterocycles. The molecule has 1 amide bonds. The van der Waals surface area contributed by atoms with E-state index >= 15 is 0 Å². The normalized spacial score (nSPS) is 22.6. The molecule has 5 heteroatoms. The standard InChI is InChI=1S/C17H24N2O2.ClH/c1-18(2)17(20)13-4-6-15(7-5-13)21-11-3-9-19-10-8-14-12-16(14)19;/h4-7,14,16H,3,8-12H2,1-2H3;1H/t14-,16+;/m0./s1. The third kappa shape index (κ3) is 3.93. The van der Waals surface area contributed by atoms with Crippen molar-refractivity contribution >= 4 is 18.3 Å². The van der Waals surface area contributed by atoms with Crippen LogP contribution in [-0.2, 0) is 0 Å². The van der Waals surface area contributed by atoms with Crippen LogP contribution in [0.3, 0.4) is 0 Å². The largest absolute Gasteiger partial charge is 0.494 e. The molecule has 0 radical (unpaired) electrons. The molecular formula is C17H25ClN2O2. The van der Waals surface area contributed by atoms with Crippen LogP contribution in [0.4, 0.5) is 0 Å². The maximum atomic E-state index is 11.8. The third-order valence-electron chi connectivity index (χ3n) is 4.51. The van der Waals surface area contributed by atoms with Crippen LogP contribution in [0.2, 0.25) is 0 Å². The van der Waals surface area contributed by atoms with Crippen molar-refractivity contribution in [3.63, 3.8) is 0 Å². The zero-order valence-corrected chi connectivity index (χ0v) is 14.1. The number of fused-ring (bicyclic) bond motifs is 1. The molecular weight excluding hydrogens is 300 g/mol. The monoisotopic (exact) mass is 324 g/mol. The maximum Gasteiger partial charge on any atom is 0.253 e. The van der Waals surface area contributed by atoms with Crippen LogP contribution >= 0.6 is 12.4 Å². The van der Waals surface area contributed by atoms with E-state index in [0.717, 1.165) is 37.3 Å². The lowest BCUT2D eigenvalue weighted by atomic mass is 10.2. The number of piperidine rings is 1. The van der Waals surface area contributed by atoms with Gasteiger partial charge in [0.25, 0.3) is 5.91 Å². The molecule has 1 heterocycles. The minimum Gasteiger partial charge on any atom is -0.494 e. The summed E-state index contributed by atoms with van der Waals surface area (Å²) in [6, 6.07) is 8.30. The second kappa shape index (κ2) is 7.34. The number of nitrogens with zero attached hydrogens (tertiary/aromatic N) is 2. The first kappa shape index (κ1) is 17.1. The fourth-order valence-electron chi connectivity index (χ4n) is 3.17. The molecule has 122 valence electrons. The van der Waals surface area contributed by atoms with E-state index in [1.807, 2.05) is 24.3 Å². The van der Waals surface area contributed by atoms with Gasteiger partial charge in [0.05, 0.1) is 6.61 Å². The molecule has 0 spiro atoms. The maximum absolute atomic E-state index is 11.8. The van der Waals surface area contributed by atoms with Gasteiger partial charge in [-0.25, -0.2) is 0 Å². The lowest BCUT2D eigenvalue weighted by molar-refractivity contribution is 0.0827. The Labute approximate surface area is 138 Å². The van der Waals surface area contributed by atoms with Gasteiger partial charge in [0, 0.05) is 32.2 Å². The number of likely N-dealkylation sites (tertiary alicyclic amines) is 1. The second-order valence-corrected chi connectivity index (χ2v) is 6.31. The van der Waals surface area contributed by atoms with Crippen molar-refractivity contribution < 1.29 is 9.53 Å². The highest BCUT2D eigenvalue weighted by Gasteiger charge is 2.46. The molecule has 1 aliphatic heterocycles. The van der Waals surface area contributed by atoms with E-state index in [2.05, 4.69) is 4.90 Å². The van der Waals surface area contributed by atoms with Gasteiger partial charge in [-0.05, 0) is 56.0 Å². The number of halogens is 1. The Morgan fingerprint density at radius 1 is 1.32 bits per heavy atom. The van der Waals surface area contributed by atoms with Gasteiger partial charge in [0.1, 0.15) is 5.75 Å². The Kier molecular flexibility index (Phi) is 5.70. The minimum atomic E-state index is 0. The van der Waals surface area contributed by atoms with Gasteiger partial charge in [-0.15, -0.1) is 12.4 Å². The molecule has 2 fully saturated rings. The first-order chi connectivity index (χ1) is 10.1. The zero-order chi connectivity index (χ0) is 14.8. The summed E-state index contributed by atoms with van der Waals surface area (Å²) in [6.07, 6.45) is 3.89. The van der Waals surface area contributed by atoms with E-state index in [1.165, 1.54) is 19.4 Å². The molecule has 1 aliphatic carbocycles. The van der Waals surface area contributed by atoms with E-state index in [0.29, 0.717) is 5.56 Å². The Bertz CT molecular complexity index is 504. The fourth-order valence-corrected chi connectivity index (χ4v) is 3.17. The summed E-state index contributed by atoms with van der Waals surface area (Å²) in [5.41, 5.74) is 0.698. The Hall–Kier alpha value is -1.26. The van der Waals surface area contributed by atoms with Crippen LogP contribution in [0.1, 0.15) is 29.6 Å². The molecule has 0 unspecified atom stereocenters. The molecule has 2 atom stereocenters. The molecule has 3 rings (SSSR count). The zero-order valence-electron chi connectivity index (χ0n) is 13.3.